The van der Waals surface area contributed by atoms with Crippen LogP contribution in [-0.2, 0) is 13.0 Å². The van der Waals surface area contributed by atoms with Crippen LogP contribution in [-0.4, -0.2) is 47.7 Å². The van der Waals surface area contributed by atoms with Gasteiger partial charge in [-0.2, -0.15) is 0 Å². The molecule has 1 fully saturated rings. The highest BCUT2D eigenvalue weighted by Crippen LogP contribution is 2.26. The molecular weight excluding hydrogens is 349 g/mol. The summed E-state index contributed by atoms with van der Waals surface area (Å²) in [5, 5.41) is 3.61. The monoisotopic (exact) mass is 371 g/mol. The van der Waals surface area contributed by atoms with E-state index < -0.39 is 0 Å². The lowest BCUT2D eigenvalue weighted by Crippen LogP contribution is -2.49. The number of piperazine rings is 1. The first kappa shape index (κ1) is 17.2. The van der Waals surface area contributed by atoms with Gasteiger partial charge in [0, 0.05) is 39.1 Å². The summed E-state index contributed by atoms with van der Waals surface area (Å²) in [5.41, 5.74) is 3.08. The smallest absolute Gasteiger partial charge is 0.173 e. The van der Waals surface area contributed by atoms with Crippen molar-refractivity contribution in [1.29, 1.82) is 0 Å². The van der Waals surface area contributed by atoms with Gasteiger partial charge in [0.05, 0.1) is 12.3 Å². The summed E-state index contributed by atoms with van der Waals surface area (Å²) in [7, 11) is 0. The molecule has 0 atom stereocenters. The Bertz CT molecular complexity index is 805. The van der Waals surface area contributed by atoms with Gasteiger partial charge in [-0.25, -0.2) is 4.39 Å². The number of para-hydroxylation sites is 1. The Hall–Kier alpha value is -2.18. The molecular formula is C20H22FN3OS. The van der Waals surface area contributed by atoms with E-state index in [4.69, 9.17) is 17.0 Å². The highest BCUT2D eigenvalue weighted by atomic mass is 32.1. The van der Waals surface area contributed by atoms with E-state index in [2.05, 4.69) is 33.3 Å². The van der Waals surface area contributed by atoms with Crippen molar-refractivity contribution in [2.24, 2.45) is 0 Å². The SMILES string of the molecule is Fc1ccccc1NC(=S)N1CCN(Cc2ccc3c(c2)CCO3)CC1. The number of hydrogen-bond donors (Lipinski definition) is 1. The lowest BCUT2D eigenvalue weighted by atomic mass is 10.1. The van der Waals surface area contributed by atoms with Crippen LogP contribution < -0.4 is 10.1 Å². The second kappa shape index (κ2) is 7.60. The summed E-state index contributed by atoms with van der Waals surface area (Å²) in [4.78, 5) is 4.54. The van der Waals surface area contributed by atoms with E-state index in [9.17, 15) is 4.39 Å². The van der Waals surface area contributed by atoms with Gasteiger partial charge in [-0.15, -0.1) is 0 Å². The molecule has 2 aliphatic rings. The normalized spacial score (nSPS) is 16.9. The van der Waals surface area contributed by atoms with Crippen LogP contribution in [0.15, 0.2) is 42.5 Å². The topological polar surface area (TPSA) is 27.7 Å². The van der Waals surface area contributed by atoms with Crippen molar-refractivity contribution in [1.82, 2.24) is 9.80 Å². The van der Waals surface area contributed by atoms with Crippen LogP contribution in [0.3, 0.4) is 0 Å². The third-order valence-corrected chi connectivity index (χ3v) is 5.30. The summed E-state index contributed by atoms with van der Waals surface area (Å²) < 4.78 is 19.3. The molecule has 1 N–H and O–H groups in total. The zero-order valence-electron chi connectivity index (χ0n) is 14.6. The predicted octanol–water partition coefficient (Wildman–Crippen LogP) is 3.28. The van der Waals surface area contributed by atoms with E-state index in [1.165, 1.54) is 17.2 Å². The lowest BCUT2D eigenvalue weighted by molar-refractivity contribution is 0.177. The highest BCUT2D eigenvalue weighted by Gasteiger charge is 2.20. The number of ether oxygens (including phenoxy) is 1. The number of anilines is 1. The van der Waals surface area contributed by atoms with Crippen LogP contribution in [0.4, 0.5) is 10.1 Å². The predicted molar refractivity (Wildman–Crippen MR) is 105 cm³/mol. The third-order valence-electron chi connectivity index (χ3n) is 4.94. The zero-order valence-corrected chi connectivity index (χ0v) is 15.4. The number of halogens is 1. The van der Waals surface area contributed by atoms with Crippen molar-refractivity contribution in [2.75, 3.05) is 38.1 Å². The first-order valence-electron chi connectivity index (χ1n) is 8.96. The highest BCUT2D eigenvalue weighted by molar-refractivity contribution is 7.80. The Morgan fingerprint density at radius 1 is 1.12 bits per heavy atom. The Kier molecular flexibility index (Phi) is 5.04. The maximum Gasteiger partial charge on any atom is 0.173 e. The van der Waals surface area contributed by atoms with Crippen LogP contribution in [0.25, 0.3) is 0 Å². The van der Waals surface area contributed by atoms with Gasteiger partial charge >= 0.3 is 0 Å². The number of rotatable bonds is 3. The largest absolute Gasteiger partial charge is 0.493 e. The molecule has 2 aromatic carbocycles. The standard InChI is InChI=1S/C20H22FN3OS/c21-17-3-1-2-4-18(17)22-20(26)24-10-8-23(9-11-24)14-15-5-6-19-16(13-15)7-12-25-19/h1-6,13H,7-12,14H2,(H,22,26). The van der Waals surface area contributed by atoms with Crippen LogP contribution in [0, 0.1) is 5.82 Å². The molecule has 0 radical (unpaired) electrons. The minimum Gasteiger partial charge on any atom is -0.493 e. The maximum atomic E-state index is 13.8. The maximum absolute atomic E-state index is 13.8. The van der Waals surface area contributed by atoms with Crippen molar-refractivity contribution in [3.8, 4) is 5.75 Å². The van der Waals surface area contributed by atoms with E-state index in [1.807, 2.05) is 0 Å². The molecule has 6 heteroatoms. The molecule has 0 spiro atoms. The zero-order chi connectivity index (χ0) is 17.9. The molecule has 0 unspecified atom stereocenters. The fraction of sp³-hybridized carbons (Fsp3) is 0.350. The van der Waals surface area contributed by atoms with Gasteiger partial charge in [0.2, 0.25) is 0 Å². The molecule has 0 amide bonds. The molecule has 0 bridgehead atoms. The Labute approximate surface area is 158 Å². The average molecular weight is 371 g/mol. The average Bonchev–Trinajstić information content (AvgIpc) is 3.12. The first-order valence-corrected chi connectivity index (χ1v) is 9.37. The fourth-order valence-electron chi connectivity index (χ4n) is 3.46. The summed E-state index contributed by atoms with van der Waals surface area (Å²) in [6, 6.07) is 13.1. The van der Waals surface area contributed by atoms with E-state index >= 15 is 0 Å². The van der Waals surface area contributed by atoms with Crippen molar-refractivity contribution in [2.45, 2.75) is 13.0 Å². The van der Waals surface area contributed by atoms with Gasteiger partial charge in [0.15, 0.2) is 5.11 Å². The van der Waals surface area contributed by atoms with Crippen LogP contribution >= 0.6 is 12.2 Å². The van der Waals surface area contributed by atoms with E-state index in [0.717, 1.165) is 51.5 Å². The number of fused-ring (bicyclic) bond motifs is 1. The molecule has 2 heterocycles. The number of nitrogens with one attached hydrogen (secondary N) is 1. The molecule has 0 saturated carbocycles. The molecule has 136 valence electrons. The van der Waals surface area contributed by atoms with E-state index in [0.29, 0.717) is 10.8 Å². The molecule has 0 aliphatic carbocycles. The summed E-state index contributed by atoms with van der Waals surface area (Å²) in [5.74, 6) is 0.747. The van der Waals surface area contributed by atoms with Crippen LogP contribution in [0.2, 0.25) is 0 Å². The van der Waals surface area contributed by atoms with Crippen molar-refractivity contribution >= 4 is 23.0 Å². The quantitative estimate of drug-likeness (QED) is 0.836. The van der Waals surface area contributed by atoms with Crippen LogP contribution in [0.1, 0.15) is 11.1 Å². The summed E-state index contributed by atoms with van der Waals surface area (Å²) in [6.07, 6.45) is 1.01. The first-order chi connectivity index (χ1) is 12.7. The molecule has 2 aliphatic heterocycles. The van der Waals surface area contributed by atoms with Crippen molar-refractivity contribution in [3.63, 3.8) is 0 Å². The van der Waals surface area contributed by atoms with Crippen LogP contribution in [0.5, 0.6) is 5.75 Å². The number of nitrogens with zero attached hydrogens (tertiary/aromatic N) is 2. The molecule has 4 nitrogen and oxygen atoms in total. The number of hydrogen-bond acceptors (Lipinski definition) is 3. The molecule has 26 heavy (non-hydrogen) atoms. The lowest BCUT2D eigenvalue weighted by Gasteiger charge is -2.36. The minimum atomic E-state index is -0.283. The Morgan fingerprint density at radius 2 is 1.92 bits per heavy atom. The molecule has 4 rings (SSSR count). The van der Waals surface area contributed by atoms with Crippen molar-refractivity contribution < 1.29 is 9.13 Å². The molecule has 0 aromatic heterocycles. The van der Waals surface area contributed by atoms with E-state index in [1.54, 1.807) is 18.2 Å². The number of thiocarbonyl (C=S) groups is 1. The van der Waals surface area contributed by atoms with Gasteiger partial charge in [0.1, 0.15) is 11.6 Å². The summed E-state index contributed by atoms with van der Waals surface area (Å²) in [6.45, 7) is 5.29. The fourth-order valence-corrected chi connectivity index (χ4v) is 3.75. The minimum absolute atomic E-state index is 0.283. The number of benzene rings is 2. The van der Waals surface area contributed by atoms with Gasteiger partial charge in [-0.3, -0.25) is 4.90 Å². The Morgan fingerprint density at radius 3 is 2.73 bits per heavy atom. The third kappa shape index (κ3) is 3.81. The van der Waals surface area contributed by atoms with Gasteiger partial charge in [0.25, 0.3) is 0 Å². The second-order valence-electron chi connectivity index (χ2n) is 6.71. The van der Waals surface area contributed by atoms with E-state index in [-0.39, 0.29) is 5.82 Å². The van der Waals surface area contributed by atoms with Crippen molar-refractivity contribution in [3.05, 3.63) is 59.4 Å². The molecule has 1 saturated heterocycles. The van der Waals surface area contributed by atoms with Gasteiger partial charge < -0.3 is 15.0 Å². The second-order valence-corrected chi connectivity index (χ2v) is 7.10. The van der Waals surface area contributed by atoms with Gasteiger partial charge in [-0.05, 0) is 41.5 Å². The summed E-state index contributed by atoms with van der Waals surface area (Å²) >= 11 is 5.45. The molecule has 2 aromatic rings. The Balaban J connectivity index is 1.30. The van der Waals surface area contributed by atoms with Gasteiger partial charge in [-0.1, -0.05) is 24.3 Å².